The van der Waals surface area contributed by atoms with Crippen molar-refractivity contribution in [2.45, 2.75) is 187 Å². The van der Waals surface area contributed by atoms with E-state index in [0.29, 0.717) is 30.6 Å². The molecule has 5 radical (unpaired) electrons. The van der Waals surface area contributed by atoms with Crippen molar-refractivity contribution in [1.82, 2.24) is 29.9 Å². The number of para-hydroxylation sites is 2. The molecule has 0 amide bonds. The first kappa shape index (κ1) is 118. The van der Waals surface area contributed by atoms with Crippen molar-refractivity contribution in [2.24, 2.45) is 17.8 Å². The van der Waals surface area contributed by atoms with Crippen LogP contribution in [0.15, 0.2) is 309 Å². The Morgan fingerprint density at radius 2 is 0.908 bits per heavy atom. The van der Waals surface area contributed by atoms with Gasteiger partial charge >= 0.3 is 0 Å². The number of nitrogens with zero attached hydrogens (tertiary/aromatic N) is 6. The minimum absolute atomic E-state index is 0. The van der Waals surface area contributed by atoms with E-state index in [1.165, 1.54) is 172 Å². The Hall–Kier alpha value is -11.0. The van der Waals surface area contributed by atoms with Crippen LogP contribution in [0.4, 0.5) is 0 Å². The zero-order valence-electron chi connectivity index (χ0n) is 83.5. The standard InChI is InChI=1S/C21H22N.C20H20N.C17H10NS.2C17H14N.C11H8N.C11H20O2.2C5H8O2.5Ir/c1-14(2)10-17-6-5-7-21-19(17)8-9-20(22-21)18-12-15(3)11-16(4)13-18;1-2-4-14-9-17(8-5-13(14)3-1)20-11-18-15-6-7-16(10-15)19(18)12-21-20;1-2-10-16-12(6-1)13-7-5-8-14(17(13)19-16)15-9-3-4-11-18-15;2*1-12-9-13(2)11-15(10-12)17-8-7-14-5-3-4-6-16(14)18-17;1-2-6-10(7-3-1)11-8-4-5-9-12-11;1-8(2)5-10(12)7-11(13)6-9(3)4;2*1-4(6)3-5(2)7;;;;;/h5-9,11-12,14H,10H2,1-4H3;5,9,11-12,15-16H,1-4,6-7,10H2;1-7,9-11H;2*3-10H,1-2H3;1-6,8-9H;7-9,12H,5-6H2,1-4H3;2*3,6H,1-2H3;;;;;/q6*-1;;;;;;;;. The Labute approximate surface area is 911 Å². The number of benzene rings is 10. The molecule has 17 aromatic rings. The van der Waals surface area contributed by atoms with Gasteiger partial charge in [-0.25, -0.2) is 0 Å². The Morgan fingerprint density at radius 3 is 1.42 bits per heavy atom. The molecule has 2 bridgehead atoms. The molecule has 743 valence electrons. The second kappa shape index (κ2) is 58.7. The maximum Gasteiger partial charge on any atom is 0.159 e. The maximum absolute atomic E-state index is 11.2. The predicted octanol–water partition coefficient (Wildman–Crippen LogP) is 31.6. The van der Waals surface area contributed by atoms with E-state index < -0.39 is 0 Å². The topological polar surface area (TPSA) is 189 Å². The van der Waals surface area contributed by atoms with Crippen molar-refractivity contribution in [3.8, 4) is 67.5 Å². The van der Waals surface area contributed by atoms with Crippen molar-refractivity contribution in [1.29, 1.82) is 0 Å². The zero-order chi connectivity index (χ0) is 97.6. The van der Waals surface area contributed by atoms with Crippen LogP contribution in [0.3, 0.4) is 0 Å². The Kier molecular flexibility index (Phi) is 48.7. The third kappa shape index (κ3) is 35.8. The second-order valence-electron chi connectivity index (χ2n) is 36.8. The van der Waals surface area contributed by atoms with Crippen LogP contribution in [0.25, 0.3) is 120 Å². The Balaban J connectivity index is 0.000000220. The Bertz CT molecular complexity index is 6840. The summed E-state index contributed by atoms with van der Waals surface area (Å²) in [5, 5.41) is 32.3. The first-order valence-electron chi connectivity index (χ1n) is 47.4. The van der Waals surface area contributed by atoms with Gasteiger partial charge in [-0.05, 0) is 197 Å². The van der Waals surface area contributed by atoms with E-state index in [4.69, 9.17) is 30.1 Å². The van der Waals surface area contributed by atoms with Gasteiger partial charge in [-0.15, -0.1) is 199 Å². The summed E-state index contributed by atoms with van der Waals surface area (Å²) >= 11 is 1.81. The summed E-state index contributed by atoms with van der Waals surface area (Å²) in [6.45, 7) is 30.7. The third-order valence-electron chi connectivity index (χ3n) is 23.0. The second-order valence-corrected chi connectivity index (χ2v) is 37.9. The van der Waals surface area contributed by atoms with Crippen LogP contribution in [-0.4, -0.2) is 62.6 Å². The van der Waals surface area contributed by atoms with Gasteiger partial charge in [-0.1, -0.05) is 241 Å². The number of ketones is 3. The number of hydrogen-bond donors (Lipinski definition) is 3. The number of carbonyl (C=O) groups is 3. The fourth-order valence-electron chi connectivity index (χ4n) is 17.4. The molecule has 3 N–H and O–H groups in total. The van der Waals surface area contributed by atoms with Crippen molar-refractivity contribution in [3.63, 3.8) is 0 Å². The molecule has 3 aliphatic carbocycles. The monoisotopic (exact) mass is 2790 g/mol. The smallest absolute Gasteiger partial charge is 0.159 e. The summed E-state index contributed by atoms with van der Waals surface area (Å²) in [5.74, 6) is 3.12. The van der Waals surface area contributed by atoms with Gasteiger partial charge in [-0.2, -0.15) is 11.3 Å². The number of thiophene rings is 1. The molecule has 10 aromatic carbocycles. The van der Waals surface area contributed by atoms with E-state index in [-0.39, 0.29) is 135 Å². The number of rotatable bonds is 15. The number of aromatic nitrogens is 6. The molecule has 0 aliphatic heterocycles. The molecular formula is C124H124Ir5N6O6S-6. The number of fused-ring (bicyclic) bond motifs is 12. The van der Waals surface area contributed by atoms with E-state index in [2.05, 4.69) is 260 Å². The number of hydrogen-bond acceptors (Lipinski definition) is 13. The van der Waals surface area contributed by atoms with Gasteiger partial charge in [0.2, 0.25) is 0 Å². The molecule has 2 unspecified atom stereocenters. The SMILES string of the molecule is CC(=O)C=C(C)O.CC(=O)C=C(C)O.CC(C)CC(=O)C=C(O)CC(C)C.Cc1[c-]c(-c2ccc3c(CC(C)C)cccc3n2)cc(C)c1.Cc1[c-]c(-c2ccc3ccccc3n2)cc(C)c1.Cc1[c-]c(-c2ccc3ccccc3n2)cc(C)c1.[Ir].[Ir].[Ir].[Ir].[Ir].[c-]1cc2c(cc1-c1cc3c(cn1)C1CCC3C1)CCCC2.[c-]1ccc2c(sc3ccccc32)c1-c1ccccn1.[c-]1ccccc1-c1ccccn1. The molecule has 20 rings (SSSR count). The summed E-state index contributed by atoms with van der Waals surface area (Å²) in [4.78, 5) is 58.9. The van der Waals surface area contributed by atoms with E-state index in [1.807, 2.05) is 148 Å². The van der Waals surface area contributed by atoms with E-state index >= 15 is 0 Å². The largest absolute Gasteiger partial charge is 0.512 e. The van der Waals surface area contributed by atoms with Crippen LogP contribution in [0.2, 0.25) is 0 Å². The number of carbonyl (C=O) groups excluding carboxylic acids is 3. The van der Waals surface area contributed by atoms with Gasteiger partial charge in [0.05, 0.1) is 33.8 Å². The molecule has 12 nitrogen and oxygen atoms in total. The minimum atomic E-state index is -0.125. The van der Waals surface area contributed by atoms with E-state index in [0.717, 1.165) is 113 Å². The van der Waals surface area contributed by atoms with Gasteiger partial charge < -0.3 is 30.3 Å². The summed E-state index contributed by atoms with van der Waals surface area (Å²) in [6.07, 6.45) is 20.9. The van der Waals surface area contributed by atoms with Crippen LogP contribution in [-0.2, 0) is 134 Å². The van der Waals surface area contributed by atoms with Gasteiger partial charge in [-0.3, -0.25) is 29.3 Å². The number of allylic oxidation sites excluding steroid dienone is 6. The molecule has 18 heteroatoms. The molecule has 142 heavy (non-hydrogen) atoms. The van der Waals surface area contributed by atoms with Crippen LogP contribution < -0.4 is 0 Å². The quantitative estimate of drug-likeness (QED) is 0.0501. The number of aliphatic hydroxyl groups is 3. The zero-order valence-corrected chi connectivity index (χ0v) is 96.3. The van der Waals surface area contributed by atoms with E-state index in [9.17, 15) is 19.5 Å². The fourth-order valence-corrected chi connectivity index (χ4v) is 18.6. The van der Waals surface area contributed by atoms with Crippen molar-refractivity contribution >= 4 is 81.6 Å². The van der Waals surface area contributed by atoms with Crippen LogP contribution in [0.5, 0.6) is 0 Å². The molecule has 7 heterocycles. The summed E-state index contributed by atoms with van der Waals surface area (Å²) in [6, 6.07) is 108. The molecule has 0 spiro atoms. The molecule has 3 aliphatic rings. The first-order chi connectivity index (χ1) is 65.9. The minimum Gasteiger partial charge on any atom is -0.512 e. The van der Waals surface area contributed by atoms with Crippen LogP contribution >= 0.6 is 11.3 Å². The number of aryl methyl sites for hydroxylation is 8. The maximum atomic E-state index is 11.2. The van der Waals surface area contributed by atoms with Gasteiger partial charge in [0.15, 0.2) is 17.3 Å². The number of aliphatic hydroxyl groups excluding tert-OH is 3. The molecular weight excluding hydrogens is 2660 g/mol. The Morgan fingerprint density at radius 1 is 0.408 bits per heavy atom. The molecule has 0 saturated heterocycles. The van der Waals surface area contributed by atoms with Crippen molar-refractivity contribution in [2.75, 3.05) is 0 Å². The van der Waals surface area contributed by atoms with Crippen LogP contribution in [0, 0.1) is 95.7 Å². The summed E-state index contributed by atoms with van der Waals surface area (Å²) in [7, 11) is 0. The molecule has 7 aromatic heterocycles. The van der Waals surface area contributed by atoms with Crippen LogP contribution in [0.1, 0.15) is 187 Å². The molecule has 1 fully saturated rings. The summed E-state index contributed by atoms with van der Waals surface area (Å²) in [5.41, 5.74) is 30.5. The average Bonchev–Trinajstić information content (AvgIpc) is 1.61. The third-order valence-corrected chi connectivity index (χ3v) is 24.2. The predicted molar refractivity (Wildman–Crippen MR) is 568 cm³/mol. The normalized spacial score (nSPS) is 12.9. The van der Waals surface area contributed by atoms with Crippen molar-refractivity contribution in [3.05, 3.63) is 406 Å². The van der Waals surface area contributed by atoms with Gasteiger partial charge in [0, 0.05) is 160 Å². The van der Waals surface area contributed by atoms with Gasteiger partial charge in [0.25, 0.3) is 0 Å². The van der Waals surface area contributed by atoms with Crippen molar-refractivity contribution < 1.29 is 130 Å². The average molecular weight is 2790 g/mol. The summed E-state index contributed by atoms with van der Waals surface area (Å²) < 4.78 is 2.58. The first-order valence-corrected chi connectivity index (χ1v) is 48.2. The molecule has 2 atom stereocenters. The fraction of sp³-hybridized carbons (Fsp3) is 0.250. The number of pyridine rings is 6. The van der Waals surface area contributed by atoms with E-state index in [1.54, 1.807) is 11.8 Å². The van der Waals surface area contributed by atoms with Gasteiger partial charge in [0.1, 0.15) is 0 Å². The molecule has 1 saturated carbocycles.